The third kappa shape index (κ3) is 8.65. The number of rotatable bonds is 8. The highest BCUT2D eigenvalue weighted by atomic mass is 35.5. The topological polar surface area (TPSA) is 91.3 Å². The van der Waals surface area contributed by atoms with Crippen LogP contribution in [0.15, 0.2) is 48.5 Å². The first kappa shape index (κ1) is 23.2. The molecule has 31 heavy (non-hydrogen) atoms. The van der Waals surface area contributed by atoms with Crippen molar-refractivity contribution in [1.82, 2.24) is 4.90 Å². The van der Waals surface area contributed by atoms with Crippen LogP contribution in [0.1, 0.15) is 25.7 Å². The van der Waals surface area contributed by atoms with E-state index >= 15 is 0 Å². The van der Waals surface area contributed by atoms with Gasteiger partial charge in [0.25, 0.3) is 0 Å². The number of halogens is 1. The van der Waals surface area contributed by atoms with E-state index in [0.29, 0.717) is 23.0 Å². The van der Waals surface area contributed by atoms with Gasteiger partial charge in [0.05, 0.1) is 5.69 Å². The quantitative estimate of drug-likeness (QED) is 0.551. The van der Waals surface area contributed by atoms with Gasteiger partial charge in [0, 0.05) is 24.7 Å². The number of anilines is 1. The molecular formula is C23H29ClN2O5. The highest BCUT2D eigenvalue weighted by Gasteiger charge is 2.25. The fraction of sp³-hybridized carbons (Fsp3) is 0.435. The number of carboxylic acid groups (broad SMARTS) is 1. The van der Waals surface area contributed by atoms with Crippen LogP contribution >= 0.6 is 11.6 Å². The van der Waals surface area contributed by atoms with Gasteiger partial charge in [-0.1, -0.05) is 43.0 Å². The Kier molecular flexibility index (Phi) is 8.82. The maximum atomic E-state index is 10.8. The summed E-state index contributed by atoms with van der Waals surface area (Å²) >= 11 is 5.88. The fourth-order valence-corrected chi connectivity index (χ4v) is 3.24. The number of carbonyl (C=O) groups is 1. The second-order valence-corrected chi connectivity index (χ2v) is 8.13. The van der Waals surface area contributed by atoms with Crippen molar-refractivity contribution in [3.8, 4) is 11.5 Å². The average molecular weight is 449 g/mol. The lowest BCUT2D eigenvalue weighted by molar-refractivity contribution is 0.0722. The van der Waals surface area contributed by atoms with Crippen molar-refractivity contribution in [1.29, 1.82) is 0 Å². The number of aliphatic hydroxyl groups is 1. The number of nitrogens with one attached hydrogen (secondary N) is 1. The van der Waals surface area contributed by atoms with Crippen LogP contribution in [0.25, 0.3) is 0 Å². The molecule has 2 aromatic carbocycles. The number of likely N-dealkylation sites (tertiary alicyclic amines) is 1. The minimum Gasteiger partial charge on any atom is -0.489 e. The van der Waals surface area contributed by atoms with Gasteiger partial charge in [0.1, 0.15) is 30.3 Å². The van der Waals surface area contributed by atoms with Crippen molar-refractivity contribution < 1.29 is 24.5 Å². The summed E-state index contributed by atoms with van der Waals surface area (Å²) in [7, 11) is 0. The van der Waals surface area contributed by atoms with Crippen molar-refractivity contribution in [2.24, 2.45) is 0 Å². The first-order chi connectivity index (χ1) is 15.0. The minimum absolute atomic E-state index is 0.0646. The third-order valence-electron chi connectivity index (χ3n) is 4.73. The van der Waals surface area contributed by atoms with Crippen molar-refractivity contribution in [2.75, 3.05) is 31.6 Å². The third-order valence-corrected chi connectivity index (χ3v) is 4.98. The zero-order chi connectivity index (χ0) is 22.1. The summed E-state index contributed by atoms with van der Waals surface area (Å²) in [6, 6.07) is 14.0. The summed E-state index contributed by atoms with van der Waals surface area (Å²) in [6.45, 7) is 2.07. The Labute approximate surface area is 187 Å². The van der Waals surface area contributed by atoms with E-state index < -0.39 is 12.2 Å². The molecule has 2 aromatic rings. The van der Waals surface area contributed by atoms with Gasteiger partial charge in [0.15, 0.2) is 0 Å². The summed E-state index contributed by atoms with van der Waals surface area (Å²) < 4.78 is 11.5. The van der Waals surface area contributed by atoms with Crippen LogP contribution < -0.4 is 14.8 Å². The lowest BCUT2D eigenvalue weighted by atomic mass is 10.3. The number of hydrogen-bond donors (Lipinski definition) is 3. The second kappa shape index (κ2) is 11.8. The van der Waals surface area contributed by atoms with E-state index in [4.69, 9.17) is 26.2 Å². The van der Waals surface area contributed by atoms with E-state index in [2.05, 4.69) is 10.2 Å². The number of nitrogens with zero attached hydrogens (tertiary/aromatic N) is 1. The van der Waals surface area contributed by atoms with Crippen LogP contribution in [0, 0.1) is 0 Å². The Morgan fingerprint density at radius 2 is 1.87 bits per heavy atom. The largest absolute Gasteiger partial charge is 0.489 e. The standard InChI is InChI=1S/C20H23ClN2O5.C3H6/c21-14-5-7-16(8-6-14)28-17-9-10-23(12-17)11-15(24)13-27-19-4-2-1-3-18(19)22-20(25)26;1-2-3-1/h1-8,15,17,22,24H,9-13H2,(H,25,26);1-3H2. The molecule has 3 N–H and O–H groups in total. The van der Waals surface area contributed by atoms with E-state index in [0.717, 1.165) is 25.3 Å². The number of benzene rings is 2. The van der Waals surface area contributed by atoms with Crippen LogP contribution in [0.4, 0.5) is 10.5 Å². The highest BCUT2D eigenvalue weighted by Crippen LogP contribution is 2.24. The van der Waals surface area contributed by atoms with Crippen LogP contribution in [0.5, 0.6) is 11.5 Å². The molecule has 2 unspecified atom stereocenters. The van der Waals surface area contributed by atoms with E-state index in [9.17, 15) is 9.90 Å². The molecule has 168 valence electrons. The van der Waals surface area contributed by atoms with Crippen molar-refractivity contribution in [2.45, 2.75) is 37.9 Å². The fourth-order valence-electron chi connectivity index (χ4n) is 3.11. The van der Waals surface area contributed by atoms with Gasteiger partial charge in [0.2, 0.25) is 0 Å². The predicted molar refractivity (Wildman–Crippen MR) is 120 cm³/mol. The van der Waals surface area contributed by atoms with Gasteiger partial charge in [-0.25, -0.2) is 4.79 Å². The number of para-hydroxylation sites is 2. The molecule has 2 aliphatic rings. The Morgan fingerprint density at radius 1 is 1.16 bits per heavy atom. The summed E-state index contributed by atoms with van der Waals surface area (Å²) in [5.74, 6) is 1.16. The lowest BCUT2D eigenvalue weighted by Crippen LogP contribution is -2.35. The molecule has 2 fully saturated rings. The van der Waals surface area contributed by atoms with Crippen molar-refractivity contribution >= 4 is 23.4 Å². The molecule has 0 radical (unpaired) electrons. The molecule has 1 saturated carbocycles. The van der Waals surface area contributed by atoms with Crippen molar-refractivity contribution in [3.05, 3.63) is 53.6 Å². The molecule has 1 saturated heterocycles. The molecule has 1 aliphatic carbocycles. The number of ether oxygens (including phenoxy) is 2. The monoisotopic (exact) mass is 448 g/mol. The molecular weight excluding hydrogens is 420 g/mol. The van der Waals surface area contributed by atoms with Gasteiger partial charge in [-0.15, -0.1) is 0 Å². The average Bonchev–Trinajstić information content (AvgIpc) is 3.57. The first-order valence-electron chi connectivity index (χ1n) is 10.5. The zero-order valence-corrected chi connectivity index (χ0v) is 18.1. The van der Waals surface area contributed by atoms with Gasteiger partial charge in [-0.2, -0.15) is 0 Å². The van der Waals surface area contributed by atoms with Crippen LogP contribution in [0.3, 0.4) is 0 Å². The maximum absolute atomic E-state index is 10.8. The van der Waals surface area contributed by atoms with Gasteiger partial charge in [-0.05, 0) is 42.8 Å². The molecule has 0 spiro atoms. The summed E-state index contributed by atoms with van der Waals surface area (Å²) in [4.78, 5) is 12.9. The number of aliphatic hydroxyl groups excluding tert-OH is 1. The molecule has 1 heterocycles. The van der Waals surface area contributed by atoms with E-state index in [1.54, 1.807) is 36.4 Å². The van der Waals surface area contributed by atoms with Gasteiger partial charge < -0.3 is 19.7 Å². The number of β-amino-alcohol motifs (C(OH)–C–C–N with tert-alkyl or cyclic N) is 1. The molecule has 0 aromatic heterocycles. The van der Waals surface area contributed by atoms with Crippen LogP contribution in [-0.4, -0.2) is 59.7 Å². The molecule has 4 rings (SSSR count). The Hall–Kier alpha value is -2.48. The highest BCUT2D eigenvalue weighted by molar-refractivity contribution is 6.30. The number of hydrogen-bond acceptors (Lipinski definition) is 5. The van der Waals surface area contributed by atoms with Crippen LogP contribution in [0.2, 0.25) is 5.02 Å². The molecule has 2 atom stereocenters. The van der Waals surface area contributed by atoms with Gasteiger partial charge >= 0.3 is 6.09 Å². The van der Waals surface area contributed by atoms with E-state index in [-0.39, 0.29) is 12.7 Å². The van der Waals surface area contributed by atoms with E-state index in [1.807, 2.05) is 12.1 Å². The Balaban J connectivity index is 0.000000834. The predicted octanol–water partition coefficient (Wildman–Crippen LogP) is 4.49. The Bertz CT molecular complexity index is 828. The van der Waals surface area contributed by atoms with Gasteiger partial charge in [-0.3, -0.25) is 10.2 Å². The SMILES string of the molecule is C1CC1.O=C(O)Nc1ccccc1OCC(O)CN1CCC(Oc2ccc(Cl)cc2)C1. The van der Waals surface area contributed by atoms with Crippen LogP contribution in [-0.2, 0) is 0 Å². The number of amides is 1. The molecule has 1 amide bonds. The molecule has 1 aliphatic heterocycles. The molecule has 8 heteroatoms. The minimum atomic E-state index is -1.17. The smallest absolute Gasteiger partial charge is 0.409 e. The Morgan fingerprint density at radius 3 is 2.55 bits per heavy atom. The molecule has 0 bridgehead atoms. The van der Waals surface area contributed by atoms with E-state index in [1.165, 1.54) is 19.3 Å². The lowest BCUT2D eigenvalue weighted by Gasteiger charge is -2.21. The summed E-state index contributed by atoms with van der Waals surface area (Å²) in [5.41, 5.74) is 0.347. The first-order valence-corrected chi connectivity index (χ1v) is 10.9. The molecule has 7 nitrogen and oxygen atoms in total. The summed E-state index contributed by atoms with van der Waals surface area (Å²) in [6.07, 6.45) is 3.57. The van der Waals surface area contributed by atoms with Crippen molar-refractivity contribution in [3.63, 3.8) is 0 Å². The maximum Gasteiger partial charge on any atom is 0.409 e. The summed E-state index contributed by atoms with van der Waals surface area (Å²) in [5, 5.41) is 22.1. The second-order valence-electron chi connectivity index (χ2n) is 7.69. The normalized spacial score (nSPS) is 18.5. The zero-order valence-electron chi connectivity index (χ0n) is 17.4.